The maximum Gasteiger partial charge on any atom is 0.135 e. The number of anilines is 6. The number of nitrogens with zero attached hydrogens (tertiary/aromatic N) is 2. The normalized spacial score (nSPS) is 11.9. The second-order valence-electron chi connectivity index (χ2n) is 21.7. The Bertz CT molecular complexity index is 4940. The van der Waals surface area contributed by atoms with Crippen molar-refractivity contribution in [1.82, 2.24) is 0 Å². The maximum absolute atomic E-state index is 6.35. The van der Waals surface area contributed by atoms with Crippen LogP contribution in [-0.4, -0.2) is 0 Å². The summed E-state index contributed by atoms with van der Waals surface area (Å²) in [5, 5.41) is 9.54. The lowest BCUT2D eigenvalue weighted by Gasteiger charge is -2.32. The predicted octanol–water partition coefficient (Wildman–Crippen LogP) is 23.4. The molecule has 82 heavy (non-hydrogen) atoms. The zero-order chi connectivity index (χ0) is 54.7. The Labute approximate surface area is 482 Å². The molecule has 0 amide bonds. The van der Waals surface area contributed by atoms with Gasteiger partial charge < -0.3 is 18.6 Å². The number of fused-ring (bicyclic) bond motifs is 12. The molecule has 0 atom stereocenters. The zero-order valence-electron chi connectivity index (χ0n) is 45.6. The highest BCUT2D eigenvalue weighted by atomic mass is 32.1. The maximum atomic E-state index is 6.35. The van der Waals surface area contributed by atoms with Gasteiger partial charge in [-0.3, -0.25) is 0 Å². The minimum Gasteiger partial charge on any atom is -0.456 e. The molecule has 4 aromatic heterocycles. The fourth-order valence-electron chi connectivity index (χ4n) is 12.9. The summed E-state index contributed by atoms with van der Waals surface area (Å²) in [6.45, 7) is 9.05. The van der Waals surface area contributed by atoms with Crippen molar-refractivity contribution in [2.75, 3.05) is 9.80 Å². The van der Waals surface area contributed by atoms with Crippen LogP contribution < -0.4 is 9.80 Å². The third-order valence-electron chi connectivity index (χ3n) is 16.8. The van der Waals surface area contributed by atoms with Crippen molar-refractivity contribution >= 4 is 141 Å². The van der Waals surface area contributed by atoms with Gasteiger partial charge in [-0.2, -0.15) is 0 Å². The Morgan fingerprint density at radius 2 is 0.646 bits per heavy atom. The molecule has 0 spiro atoms. The van der Waals surface area contributed by atoms with Crippen LogP contribution in [0.3, 0.4) is 0 Å². The highest BCUT2D eigenvalue weighted by Gasteiger charge is 2.27. The molecule has 0 radical (unpaired) electrons. The molecule has 0 saturated heterocycles. The fraction of sp³-hybridized carbons (Fsp3) is 0.0526. The minimum atomic E-state index is 0.888. The molecular formula is C76H52N2O2S2. The number of rotatable bonds is 9. The van der Waals surface area contributed by atoms with E-state index in [9.17, 15) is 0 Å². The third kappa shape index (κ3) is 7.63. The number of para-hydroxylation sites is 4. The van der Waals surface area contributed by atoms with Crippen LogP contribution in [0.1, 0.15) is 22.3 Å². The largest absolute Gasteiger partial charge is 0.456 e. The molecule has 0 saturated carbocycles. The average Bonchev–Trinajstić information content (AvgIpc) is 3.78. The van der Waals surface area contributed by atoms with Crippen LogP contribution in [0.4, 0.5) is 34.1 Å². The molecule has 0 fully saturated rings. The van der Waals surface area contributed by atoms with E-state index in [0.29, 0.717) is 0 Å². The quantitative estimate of drug-likeness (QED) is 0.144. The summed E-state index contributed by atoms with van der Waals surface area (Å²) in [6, 6.07) is 88.8. The summed E-state index contributed by atoms with van der Waals surface area (Å²) in [4.78, 5) is 5.07. The molecule has 4 heterocycles. The topological polar surface area (TPSA) is 32.8 Å². The monoisotopic (exact) mass is 1090 g/mol. The van der Waals surface area contributed by atoms with E-state index >= 15 is 0 Å². The van der Waals surface area contributed by atoms with Crippen LogP contribution in [0.25, 0.3) is 118 Å². The minimum absolute atomic E-state index is 0.888. The SMILES string of the molecule is Cc1cc(-c2ccc(N(c3c(C)cccc3-c3ccc4oc5ccccc5c4c3)c3cccc4c3sc3ccccc34)c(C)c2)ccc1N(c1c(C)cccc1-c1ccc2oc3ccccc3c2c1)c1cccc2c1sc1ccccc12. The van der Waals surface area contributed by atoms with Crippen molar-refractivity contribution in [3.8, 4) is 33.4 Å². The van der Waals surface area contributed by atoms with E-state index in [1.807, 2.05) is 34.8 Å². The molecule has 12 aromatic carbocycles. The lowest BCUT2D eigenvalue weighted by molar-refractivity contribution is 0.668. The smallest absolute Gasteiger partial charge is 0.135 e. The molecule has 390 valence electrons. The molecular weight excluding hydrogens is 1040 g/mol. The van der Waals surface area contributed by atoms with Gasteiger partial charge in [-0.05, 0) is 157 Å². The molecule has 6 heteroatoms. The predicted molar refractivity (Wildman–Crippen MR) is 351 cm³/mol. The van der Waals surface area contributed by atoms with E-state index in [4.69, 9.17) is 8.83 Å². The van der Waals surface area contributed by atoms with Crippen LogP contribution >= 0.6 is 22.7 Å². The molecule has 0 aliphatic rings. The summed E-state index contributed by atoms with van der Waals surface area (Å²) in [6.07, 6.45) is 0. The van der Waals surface area contributed by atoms with Gasteiger partial charge in [0.2, 0.25) is 0 Å². The Balaban J connectivity index is 0.855. The first kappa shape index (κ1) is 48.2. The van der Waals surface area contributed by atoms with E-state index < -0.39 is 0 Å². The summed E-state index contributed by atoms with van der Waals surface area (Å²) in [7, 11) is 0. The first-order valence-corrected chi connectivity index (χ1v) is 29.6. The van der Waals surface area contributed by atoms with Crippen LogP contribution in [-0.2, 0) is 0 Å². The van der Waals surface area contributed by atoms with E-state index in [2.05, 4.69) is 268 Å². The van der Waals surface area contributed by atoms with E-state index in [1.54, 1.807) is 0 Å². The number of thiophene rings is 2. The van der Waals surface area contributed by atoms with Gasteiger partial charge in [0.05, 0.1) is 32.1 Å². The third-order valence-corrected chi connectivity index (χ3v) is 19.2. The van der Waals surface area contributed by atoms with Gasteiger partial charge in [0.15, 0.2) is 0 Å². The summed E-state index contributed by atoms with van der Waals surface area (Å²) in [5.74, 6) is 0. The second-order valence-corrected chi connectivity index (χ2v) is 23.8. The van der Waals surface area contributed by atoms with Gasteiger partial charge in [-0.1, -0.05) is 158 Å². The van der Waals surface area contributed by atoms with Crippen molar-refractivity contribution < 1.29 is 8.83 Å². The van der Waals surface area contributed by atoms with Crippen molar-refractivity contribution in [2.24, 2.45) is 0 Å². The number of furan rings is 2. The highest BCUT2D eigenvalue weighted by molar-refractivity contribution is 7.26. The van der Waals surface area contributed by atoms with E-state index in [0.717, 1.165) is 111 Å². The molecule has 16 rings (SSSR count). The van der Waals surface area contributed by atoms with Gasteiger partial charge >= 0.3 is 0 Å². The summed E-state index contributed by atoms with van der Waals surface area (Å²) < 4.78 is 17.8. The van der Waals surface area contributed by atoms with Crippen molar-refractivity contribution in [2.45, 2.75) is 27.7 Å². The number of aryl methyl sites for hydroxylation is 4. The van der Waals surface area contributed by atoms with Crippen molar-refractivity contribution in [3.05, 3.63) is 265 Å². The fourth-order valence-corrected chi connectivity index (χ4v) is 15.3. The van der Waals surface area contributed by atoms with Crippen LogP contribution in [0.2, 0.25) is 0 Å². The van der Waals surface area contributed by atoms with E-state index in [1.165, 1.54) is 62.6 Å². The number of hydrogen-bond donors (Lipinski definition) is 0. The zero-order valence-corrected chi connectivity index (χ0v) is 47.3. The van der Waals surface area contributed by atoms with Crippen LogP contribution in [0.15, 0.2) is 251 Å². The Morgan fingerprint density at radius 1 is 0.268 bits per heavy atom. The van der Waals surface area contributed by atoms with Gasteiger partial charge in [0.25, 0.3) is 0 Å². The second kappa shape index (κ2) is 19.0. The lowest BCUT2D eigenvalue weighted by Crippen LogP contribution is -2.14. The average molecular weight is 1090 g/mol. The molecule has 4 nitrogen and oxygen atoms in total. The van der Waals surface area contributed by atoms with Crippen molar-refractivity contribution in [1.29, 1.82) is 0 Å². The van der Waals surface area contributed by atoms with Crippen LogP contribution in [0, 0.1) is 27.7 Å². The summed E-state index contributed by atoms with van der Waals surface area (Å²) in [5.41, 5.74) is 22.1. The highest BCUT2D eigenvalue weighted by Crippen LogP contribution is 2.52. The van der Waals surface area contributed by atoms with Gasteiger partial charge in [0, 0.05) is 75.0 Å². The van der Waals surface area contributed by atoms with Gasteiger partial charge in [0.1, 0.15) is 22.3 Å². The molecule has 0 N–H and O–H groups in total. The van der Waals surface area contributed by atoms with Crippen molar-refractivity contribution in [3.63, 3.8) is 0 Å². The molecule has 0 aliphatic heterocycles. The molecule has 0 aliphatic carbocycles. The molecule has 0 bridgehead atoms. The van der Waals surface area contributed by atoms with E-state index in [-0.39, 0.29) is 0 Å². The Hall–Kier alpha value is -9.72. The van der Waals surface area contributed by atoms with Gasteiger partial charge in [-0.15, -0.1) is 22.7 Å². The molecule has 0 unspecified atom stereocenters. The van der Waals surface area contributed by atoms with Gasteiger partial charge in [-0.25, -0.2) is 0 Å². The summed E-state index contributed by atoms with van der Waals surface area (Å²) >= 11 is 3.73. The Morgan fingerprint density at radius 3 is 1.10 bits per heavy atom. The number of hydrogen-bond acceptors (Lipinski definition) is 6. The Kier molecular flexibility index (Phi) is 11.1. The number of benzene rings is 12. The standard InChI is InChI=1S/C76H52N2O2S2/c1-45-17-13-23-53(51-35-39-69-61(43-51)55-19-5-9-29-67(55)79-69)73(45)77(65-27-15-25-59-57-21-7-11-31-71(57)81-75(59)65)63-37-33-49(41-47(63)3)50-34-38-64(48(4)42-50)78(66-28-16-26-60-58-22-8-12-32-72(58)82-76(60)66)74-46(2)18-14-24-54(74)52-36-40-70-62(44-52)56-20-6-10-30-68(56)80-70/h5-44H,1-4H3. The first-order valence-electron chi connectivity index (χ1n) is 28.0. The molecule has 16 aromatic rings. The van der Waals surface area contributed by atoms with Crippen LogP contribution in [0.5, 0.6) is 0 Å². The first-order chi connectivity index (χ1) is 40.3. The lowest BCUT2D eigenvalue weighted by atomic mass is 9.94.